The molecule has 0 atom stereocenters. The summed E-state index contributed by atoms with van der Waals surface area (Å²) in [5, 5.41) is 3.03. The highest BCUT2D eigenvalue weighted by molar-refractivity contribution is 5.96. The van der Waals surface area contributed by atoms with Gasteiger partial charge in [-0.3, -0.25) is 4.79 Å². The number of ether oxygens (including phenoxy) is 1. The molecule has 144 valence electrons. The van der Waals surface area contributed by atoms with Gasteiger partial charge in [0.15, 0.2) is 0 Å². The van der Waals surface area contributed by atoms with Crippen LogP contribution in [0.4, 0.5) is 11.6 Å². The van der Waals surface area contributed by atoms with Crippen molar-refractivity contribution in [3.8, 4) is 0 Å². The van der Waals surface area contributed by atoms with E-state index in [1.54, 1.807) is 42.2 Å². The van der Waals surface area contributed by atoms with Gasteiger partial charge in [-0.15, -0.1) is 0 Å². The van der Waals surface area contributed by atoms with E-state index in [0.29, 0.717) is 35.7 Å². The second-order valence-electron chi connectivity index (χ2n) is 6.17. The molecule has 0 aliphatic rings. The van der Waals surface area contributed by atoms with Crippen molar-refractivity contribution in [1.82, 2.24) is 14.9 Å². The molecule has 0 fully saturated rings. The third-order valence-electron chi connectivity index (χ3n) is 3.93. The quantitative estimate of drug-likeness (QED) is 0.715. The molecule has 2 rings (SSSR count). The number of nitrogens with one attached hydrogen (secondary N) is 1. The molecule has 1 amide bonds. The van der Waals surface area contributed by atoms with Gasteiger partial charge in [-0.25, -0.2) is 14.8 Å². The lowest BCUT2D eigenvalue weighted by Crippen LogP contribution is -2.33. The Morgan fingerprint density at radius 1 is 1.11 bits per heavy atom. The third-order valence-corrected chi connectivity index (χ3v) is 3.93. The van der Waals surface area contributed by atoms with Crippen LogP contribution in [0.15, 0.2) is 30.3 Å². The fourth-order valence-corrected chi connectivity index (χ4v) is 2.75. The van der Waals surface area contributed by atoms with E-state index >= 15 is 0 Å². The molecular weight excluding hydrogens is 344 g/mol. The fourth-order valence-electron chi connectivity index (χ4n) is 2.75. The van der Waals surface area contributed by atoms with Gasteiger partial charge in [0.2, 0.25) is 5.95 Å². The largest absolute Gasteiger partial charge is 0.465 e. The minimum atomic E-state index is -0.459. The molecule has 0 bridgehead atoms. The number of para-hydroxylation sites is 1. The summed E-state index contributed by atoms with van der Waals surface area (Å²) < 4.78 is 4.81. The lowest BCUT2D eigenvalue weighted by Gasteiger charge is -2.21. The maximum Gasteiger partial charge on any atom is 0.339 e. The highest BCUT2D eigenvalue weighted by Crippen LogP contribution is 2.20. The van der Waals surface area contributed by atoms with Gasteiger partial charge in [-0.2, -0.15) is 0 Å². The van der Waals surface area contributed by atoms with Gasteiger partial charge in [0, 0.05) is 18.8 Å². The first-order valence-electron chi connectivity index (χ1n) is 9.09. The Bertz CT molecular complexity index is 802. The molecule has 0 aliphatic carbocycles. The Morgan fingerprint density at radius 3 is 2.41 bits per heavy atom. The van der Waals surface area contributed by atoms with Crippen molar-refractivity contribution in [2.75, 3.05) is 25.5 Å². The minimum Gasteiger partial charge on any atom is -0.465 e. The molecule has 0 unspecified atom stereocenters. The second kappa shape index (κ2) is 9.66. The van der Waals surface area contributed by atoms with Crippen LogP contribution in [0.25, 0.3) is 0 Å². The number of carbonyl (C=O) groups excluding carboxylic acids is 2. The molecule has 2 aromatic rings. The van der Waals surface area contributed by atoms with E-state index in [0.717, 1.165) is 12.8 Å². The van der Waals surface area contributed by atoms with Crippen LogP contribution in [0.3, 0.4) is 0 Å². The summed E-state index contributed by atoms with van der Waals surface area (Å²) >= 11 is 0. The van der Waals surface area contributed by atoms with Crippen LogP contribution in [0, 0.1) is 6.92 Å². The van der Waals surface area contributed by atoms with Crippen molar-refractivity contribution in [2.24, 2.45) is 0 Å². The van der Waals surface area contributed by atoms with Gasteiger partial charge in [0.1, 0.15) is 5.69 Å². The number of benzene rings is 1. The molecule has 7 heteroatoms. The van der Waals surface area contributed by atoms with Crippen LogP contribution in [0.1, 0.15) is 53.2 Å². The monoisotopic (exact) mass is 370 g/mol. The summed E-state index contributed by atoms with van der Waals surface area (Å²) in [6, 6.07) is 8.61. The summed E-state index contributed by atoms with van der Waals surface area (Å²) in [4.78, 5) is 35.3. The SMILES string of the molecule is CCCN(CCC)C(=O)c1cc(C)nc(Nc2ccccc2C(=O)OC)n1. The van der Waals surface area contributed by atoms with Crippen LogP contribution in [0.2, 0.25) is 0 Å². The number of hydrogen-bond acceptors (Lipinski definition) is 6. The van der Waals surface area contributed by atoms with E-state index < -0.39 is 5.97 Å². The number of amides is 1. The van der Waals surface area contributed by atoms with Gasteiger partial charge < -0.3 is 15.0 Å². The van der Waals surface area contributed by atoms with Crippen molar-refractivity contribution < 1.29 is 14.3 Å². The van der Waals surface area contributed by atoms with Crippen LogP contribution >= 0.6 is 0 Å². The number of hydrogen-bond donors (Lipinski definition) is 1. The topological polar surface area (TPSA) is 84.4 Å². The summed E-state index contributed by atoms with van der Waals surface area (Å²) in [5.74, 6) is -0.310. The molecule has 1 heterocycles. The Hall–Kier alpha value is -2.96. The molecular formula is C20H26N4O3. The number of aromatic nitrogens is 2. The third kappa shape index (κ3) is 5.26. The van der Waals surface area contributed by atoms with E-state index in [2.05, 4.69) is 15.3 Å². The fraction of sp³-hybridized carbons (Fsp3) is 0.400. The van der Waals surface area contributed by atoms with E-state index in [1.807, 2.05) is 13.8 Å². The molecule has 0 radical (unpaired) electrons. The number of nitrogens with zero attached hydrogens (tertiary/aromatic N) is 3. The molecule has 0 spiro atoms. The zero-order valence-electron chi connectivity index (χ0n) is 16.3. The van der Waals surface area contributed by atoms with Crippen molar-refractivity contribution in [1.29, 1.82) is 0 Å². The standard InChI is InChI=1S/C20H26N4O3/c1-5-11-24(12-6-2)18(25)17-13-14(3)21-20(23-17)22-16-10-8-7-9-15(16)19(26)27-4/h7-10,13H,5-6,11-12H2,1-4H3,(H,21,22,23). The summed E-state index contributed by atoms with van der Waals surface area (Å²) in [6.07, 6.45) is 1.76. The van der Waals surface area contributed by atoms with Crippen LogP contribution in [-0.2, 0) is 4.74 Å². The van der Waals surface area contributed by atoms with Crippen molar-refractivity contribution >= 4 is 23.5 Å². The highest BCUT2D eigenvalue weighted by atomic mass is 16.5. The average Bonchev–Trinajstić information content (AvgIpc) is 2.66. The minimum absolute atomic E-state index is 0.117. The number of rotatable bonds is 8. The van der Waals surface area contributed by atoms with E-state index in [9.17, 15) is 9.59 Å². The number of esters is 1. The smallest absolute Gasteiger partial charge is 0.339 e. The maximum absolute atomic E-state index is 12.8. The molecule has 1 aromatic carbocycles. The normalized spacial score (nSPS) is 10.4. The Kier molecular flexibility index (Phi) is 7.28. The molecule has 0 saturated carbocycles. The first-order chi connectivity index (χ1) is 13.0. The Labute approximate surface area is 159 Å². The molecule has 1 aromatic heterocycles. The van der Waals surface area contributed by atoms with Gasteiger partial charge in [0.05, 0.1) is 18.4 Å². The molecule has 7 nitrogen and oxygen atoms in total. The van der Waals surface area contributed by atoms with E-state index in [-0.39, 0.29) is 11.9 Å². The zero-order valence-corrected chi connectivity index (χ0v) is 16.3. The molecule has 27 heavy (non-hydrogen) atoms. The van der Waals surface area contributed by atoms with E-state index in [1.165, 1.54) is 7.11 Å². The number of aryl methyl sites for hydroxylation is 1. The predicted octanol–water partition coefficient (Wildman–Crippen LogP) is 3.58. The van der Waals surface area contributed by atoms with Crippen molar-refractivity contribution in [2.45, 2.75) is 33.6 Å². The van der Waals surface area contributed by atoms with Crippen LogP contribution < -0.4 is 5.32 Å². The Morgan fingerprint density at radius 2 is 1.78 bits per heavy atom. The lowest BCUT2D eigenvalue weighted by molar-refractivity contribution is 0.0601. The summed E-state index contributed by atoms with van der Waals surface area (Å²) in [6.45, 7) is 7.25. The molecule has 1 N–H and O–H groups in total. The summed E-state index contributed by atoms with van der Waals surface area (Å²) in [5.41, 5.74) is 1.89. The summed E-state index contributed by atoms with van der Waals surface area (Å²) in [7, 11) is 1.33. The van der Waals surface area contributed by atoms with Crippen molar-refractivity contribution in [3.63, 3.8) is 0 Å². The van der Waals surface area contributed by atoms with Crippen molar-refractivity contribution in [3.05, 3.63) is 47.3 Å². The van der Waals surface area contributed by atoms with Gasteiger partial charge in [0.25, 0.3) is 5.91 Å². The predicted molar refractivity (Wildman–Crippen MR) is 104 cm³/mol. The number of anilines is 2. The van der Waals surface area contributed by atoms with Gasteiger partial charge in [-0.1, -0.05) is 26.0 Å². The van der Waals surface area contributed by atoms with Gasteiger partial charge in [-0.05, 0) is 38.0 Å². The first-order valence-corrected chi connectivity index (χ1v) is 9.09. The second-order valence-corrected chi connectivity index (χ2v) is 6.17. The average molecular weight is 370 g/mol. The van der Waals surface area contributed by atoms with E-state index in [4.69, 9.17) is 4.74 Å². The van der Waals surface area contributed by atoms with Gasteiger partial charge >= 0.3 is 5.97 Å². The van der Waals surface area contributed by atoms with Crippen LogP contribution in [0.5, 0.6) is 0 Å². The number of methoxy groups -OCH3 is 1. The van der Waals surface area contributed by atoms with Crippen LogP contribution in [-0.4, -0.2) is 46.9 Å². The lowest BCUT2D eigenvalue weighted by atomic mass is 10.2. The first kappa shape index (κ1) is 20.4. The highest BCUT2D eigenvalue weighted by Gasteiger charge is 2.18. The maximum atomic E-state index is 12.8. The number of carbonyl (C=O) groups is 2. The molecule has 0 aliphatic heterocycles. The zero-order chi connectivity index (χ0) is 19.8. The Balaban J connectivity index is 2.33. The molecule has 0 saturated heterocycles.